The van der Waals surface area contributed by atoms with Gasteiger partial charge in [-0.2, -0.15) is 13.2 Å². The molecule has 0 bridgehead atoms. The number of rotatable bonds is 3. The maximum atomic E-state index is 12.5. The van der Waals surface area contributed by atoms with Crippen molar-refractivity contribution in [1.29, 1.82) is 0 Å². The molecule has 6 nitrogen and oxygen atoms in total. The van der Waals surface area contributed by atoms with E-state index < -0.39 is 46.1 Å². The van der Waals surface area contributed by atoms with E-state index in [9.17, 15) is 36.9 Å². The summed E-state index contributed by atoms with van der Waals surface area (Å²) >= 11 is 0. The fraction of sp³-hybridized carbons (Fsp3) is 0.250. The lowest BCUT2D eigenvalue weighted by atomic mass is 10.1. The van der Waals surface area contributed by atoms with Crippen LogP contribution in [0.5, 0.6) is 0 Å². The van der Waals surface area contributed by atoms with Gasteiger partial charge < -0.3 is 5.11 Å². The smallest absolute Gasteiger partial charge is 0.433 e. The van der Waals surface area contributed by atoms with Crippen molar-refractivity contribution in [1.82, 2.24) is 4.98 Å². The predicted octanol–water partition coefficient (Wildman–Crippen LogP) is 2.64. The van der Waals surface area contributed by atoms with Gasteiger partial charge >= 0.3 is 17.8 Å². The molecule has 0 fully saturated rings. The minimum Gasteiger partial charge on any atom is -0.476 e. The van der Waals surface area contributed by atoms with Crippen LogP contribution in [0.4, 0.5) is 27.6 Å². The van der Waals surface area contributed by atoms with Crippen molar-refractivity contribution in [3.05, 3.63) is 33.1 Å². The fourth-order valence-corrected chi connectivity index (χ4v) is 1.21. The van der Waals surface area contributed by atoms with Gasteiger partial charge in [0.15, 0.2) is 0 Å². The number of carboxylic acids is 1. The van der Waals surface area contributed by atoms with Crippen LogP contribution >= 0.6 is 0 Å². The molecular formula is C8H3F5N2O4. The molecule has 0 saturated carbocycles. The molecule has 0 radical (unpaired) electrons. The van der Waals surface area contributed by atoms with Gasteiger partial charge in [0.2, 0.25) is 5.69 Å². The molecule has 0 spiro atoms. The van der Waals surface area contributed by atoms with Crippen molar-refractivity contribution in [2.75, 3.05) is 0 Å². The molecule has 0 aliphatic heterocycles. The van der Waals surface area contributed by atoms with Crippen LogP contribution in [0.1, 0.15) is 28.2 Å². The number of hydrogen-bond donors (Lipinski definition) is 1. The van der Waals surface area contributed by atoms with Crippen molar-refractivity contribution in [2.45, 2.75) is 12.6 Å². The molecule has 0 unspecified atom stereocenters. The highest BCUT2D eigenvalue weighted by atomic mass is 19.4. The number of aromatic carboxylic acids is 1. The first-order valence-electron chi connectivity index (χ1n) is 4.33. The highest BCUT2D eigenvalue weighted by Gasteiger charge is 2.39. The first kappa shape index (κ1) is 14.7. The molecule has 1 rings (SSSR count). The minimum absolute atomic E-state index is 0.241. The molecule has 104 valence electrons. The lowest BCUT2D eigenvalue weighted by Crippen LogP contribution is -2.16. The highest BCUT2D eigenvalue weighted by molar-refractivity contribution is 5.90. The summed E-state index contributed by atoms with van der Waals surface area (Å²) in [5, 5.41) is 19.0. The molecule has 1 N–H and O–H groups in total. The van der Waals surface area contributed by atoms with Gasteiger partial charge in [0.1, 0.15) is 11.3 Å². The summed E-state index contributed by atoms with van der Waals surface area (Å²) in [4.78, 5) is 22.1. The molecule has 0 saturated heterocycles. The van der Waals surface area contributed by atoms with Crippen LogP contribution in [-0.2, 0) is 6.18 Å². The number of carboxylic acid groups (broad SMARTS) is 1. The van der Waals surface area contributed by atoms with Crippen molar-refractivity contribution in [2.24, 2.45) is 0 Å². The van der Waals surface area contributed by atoms with E-state index in [1.54, 1.807) is 0 Å². The minimum atomic E-state index is -5.21. The summed E-state index contributed by atoms with van der Waals surface area (Å²) in [5.41, 5.74) is -6.93. The van der Waals surface area contributed by atoms with Gasteiger partial charge in [0.05, 0.1) is 4.92 Å². The summed E-state index contributed by atoms with van der Waals surface area (Å²) < 4.78 is 62.0. The summed E-state index contributed by atoms with van der Waals surface area (Å²) in [6, 6.07) is -0.241. The third-order valence-electron chi connectivity index (χ3n) is 1.93. The van der Waals surface area contributed by atoms with Crippen molar-refractivity contribution < 1.29 is 36.8 Å². The van der Waals surface area contributed by atoms with Gasteiger partial charge in [0, 0.05) is 0 Å². The molecule has 0 aromatic carbocycles. The number of hydrogen-bond acceptors (Lipinski definition) is 4. The number of pyridine rings is 1. The molecule has 0 atom stereocenters. The van der Waals surface area contributed by atoms with E-state index in [0.29, 0.717) is 0 Å². The number of aromatic nitrogens is 1. The molecule has 0 aliphatic rings. The molecule has 1 heterocycles. The Balaban J connectivity index is 3.73. The van der Waals surface area contributed by atoms with Crippen LogP contribution in [0.15, 0.2) is 6.07 Å². The maximum absolute atomic E-state index is 12.5. The number of halogens is 5. The van der Waals surface area contributed by atoms with E-state index in [1.165, 1.54) is 0 Å². The normalized spacial score (nSPS) is 11.7. The van der Waals surface area contributed by atoms with Gasteiger partial charge in [0.25, 0.3) is 6.43 Å². The van der Waals surface area contributed by atoms with Crippen molar-refractivity contribution in [3.63, 3.8) is 0 Å². The summed E-state index contributed by atoms with van der Waals surface area (Å²) in [5.74, 6) is -2.21. The zero-order valence-electron chi connectivity index (χ0n) is 8.61. The first-order valence-corrected chi connectivity index (χ1v) is 4.33. The SMILES string of the molecule is O=C(O)c1nc(C(F)(F)F)cc(C(F)F)c1[N+](=O)[O-]. The third-order valence-corrected chi connectivity index (χ3v) is 1.93. The maximum Gasteiger partial charge on any atom is 0.433 e. The van der Waals surface area contributed by atoms with Crippen LogP contribution in [0.2, 0.25) is 0 Å². The fourth-order valence-electron chi connectivity index (χ4n) is 1.21. The standard InChI is InChI=1S/C8H3F5N2O4/c9-6(10)2-1-3(8(11,12)13)14-4(7(16)17)5(2)15(18)19/h1,6H,(H,16,17). The second kappa shape index (κ2) is 4.74. The number of alkyl halides is 5. The Bertz CT molecular complexity index is 543. The predicted molar refractivity (Wildman–Crippen MR) is 47.8 cm³/mol. The van der Waals surface area contributed by atoms with Gasteiger partial charge in [-0.05, 0) is 6.07 Å². The lowest BCUT2D eigenvalue weighted by molar-refractivity contribution is -0.387. The highest BCUT2D eigenvalue weighted by Crippen LogP contribution is 2.36. The Morgan fingerprint density at radius 3 is 2.26 bits per heavy atom. The first-order chi connectivity index (χ1) is 8.55. The number of nitrogens with zero attached hydrogens (tertiary/aromatic N) is 2. The second-order valence-corrected chi connectivity index (χ2v) is 3.15. The largest absolute Gasteiger partial charge is 0.476 e. The van der Waals surface area contributed by atoms with E-state index in [4.69, 9.17) is 5.11 Å². The van der Waals surface area contributed by atoms with Crippen LogP contribution in [0, 0.1) is 10.1 Å². The average Bonchev–Trinajstić information content (AvgIpc) is 2.25. The van der Waals surface area contributed by atoms with E-state index in [-0.39, 0.29) is 6.07 Å². The topological polar surface area (TPSA) is 93.3 Å². The number of carbonyl (C=O) groups is 1. The van der Waals surface area contributed by atoms with E-state index in [1.807, 2.05) is 0 Å². The Morgan fingerprint density at radius 2 is 1.95 bits per heavy atom. The monoisotopic (exact) mass is 286 g/mol. The second-order valence-electron chi connectivity index (χ2n) is 3.15. The van der Waals surface area contributed by atoms with Gasteiger partial charge in [-0.1, -0.05) is 0 Å². The molecule has 0 amide bonds. The molecule has 1 aromatic heterocycles. The Hall–Kier alpha value is -2.33. The van der Waals surface area contributed by atoms with E-state index in [0.717, 1.165) is 0 Å². The lowest BCUT2D eigenvalue weighted by Gasteiger charge is -2.10. The molecule has 1 aromatic rings. The zero-order chi connectivity index (χ0) is 15.0. The van der Waals surface area contributed by atoms with Gasteiger partial charge in [-0.25, -0.2) is 18.6 Å². The van der Waals surface area contributed by atoms with Gasteiger partial charge in [-0.15, -0.1) is 0 Å². The third kappa shape index (κ3) is 2.92. The quantitative estimate of drug-likeness (QED) is 0.523. The van der Waals surface area contributed by atoms with Crippen LogP contribution < -0.4 is 0 Å². The van der Waals surface area contributed by atoms with Gasteiger partial charge in [-0.3, -0.25) is 10.1 Å². The Labute approximate surface area is 100 Å². The van der Waals surface area contributed by atoms with Crippen LogP contribution in [0.25, 0.3) is 0 Å². The summed E-state index contributed by atoms with van der Waals surface area (Å²) in [6.45, 7) is 0. The van der Waals surface area contributed by atoms with E-state index >= 15 is 0 Å². The van der Waals surface area contributed by atoms with Crippen molar-refractivity contribution in [3.8, 4) is 0 Å². The molecular weight excluding hydrogens is 283 g/mol. The molecule has 19 heavy (non-hydrogen) atoms. The summed E-state index contributed by atoms with van der Waals surface area (Å²) in [7, 11) is 0. The zero-order valence-corrected chi connectivity index (χ0v) is 8.61. The van der Waals surface area contributed by atoms with Crippen LogP contribution in [-0.4, -0.2) is 21.0 Å². The van der Waals surface area contributed by atoms with Crippen LogP contribution in [0.3, 0.4) is 0 Å². The Morgan fingerprint density at radius 1 is 1.42 bits per heavy atom. The summed E-state index contributed by atoms with van der Waals surface area (Å²) in [6.07, 6.45) is -8.86. The molecule has 0 aliphatic carbocycles. The van der Waals surface area contributed by atoms with Crippen molar-refractivity contribution >= 4 is 11.7 Å². The van der Waals surface area contributed by atoms with E-state index in [2.05, 4.69) is 4.98 Å². The average molecular weight is 286 g/mol. The number of nitro groups is 1. The molecule has 11 heteroatoms. The Kier molecular flexibility index (Phi) is 3.68.